The van der Waals surface area contributed by atoms with E-state index in [1.165, 1.54) is 11.8 Å². The van der Waals surface area contributed by atoms with Crippen LogP contribution >= 0.6 is 0 Å². The third-order valence-electron chi connectivity index (χ3n) is 3.45. The number of fused-ring (bicyclic) bond motifs is 1. The Labute approximate surface area is 107 Å². The quantitative estimate of drug-likeness (QED) is 0.928. The smallest absolute Gasteiger partial charge is 0.159 e. The highest BCUT2D eigenvalue weighted by Crippen LogP contribution is 2.28. The summed E-state index contributed by atoms with van der Waals surface area (Å²) in [4.78, 5) is 7.52. The third kappa shape index (κ3) is 2.03. The Balaban J connectivity index is 2.61. The maximum absolute atomic E-state index is 11.8. The topological polar surface area (TPSA) is 62.8 Å². The zero-order valence-electron chi connectivity index (χ0n) is 11.1. The lowest BCUT2D eigenvalue weighted by atomic mass is 10.1. The summed E-state index contributed by atoms with van der Waals surface area (Å²) in [6.07, 6.45) is 2.18. The predicted molar refractivity (Wildman–Crippen MR) is 73.3 cm³/mol. The van der Waals surface area contributed by atoms with Crippen LogP contribution in [0.15, 0.2) is 18.2 Å². The van der Waals surface area contributed by atoms with Gasteiger partial charge in [-0.2, -0.15) is 0 Å². The van der Waals surface area contributed by atoms with Crippen molar-refractivity contribution in [1.29, 1.82) is 0 Å². The normalized spacial score (nSPS) is 13.1. The fourth-order valence-corrected chi connectivity index (χ4v) is 2.19. The van der Waals surface area contributed by atoms with E-state index in [2.05, 4.69) is 16.9 Å². The first-order valence-electron chi connectivity index (χ1n) is 5.94. The number of hydrogen-bond donors (Lipinski definition) is 1. The molecule has 5 heteroatoms. The van der Waals surface area contributed by atoms with Crippen LogP contribution in [0.3, 0.4) is 0 Å². The number of rotatable bonds is 3. The molecule has 0 spiro atoms. The van der Waals surface area contributed by atoms with Crippen molar-refractivity contribution in [2.24, 2.45) is 0 Å². The third-order valence-corrected chi connectivity index (χ3v) is 5.50. The molecule has 18 heavy (non-hydrogen) atoms. The van der Waals surface area contributed by atoms with Crippen LogP contribution in [0.25, 0.3) is 11.0 Å². The molecule has 0 unspecified atom stereocenters. The van der Waals surface area contributed by atoms with E-state index in [0.717, 1.165) is 17.5 Å². The molecule has 4 nitrogen and oxygen atoms in total. The Morgan fingerprint density at radius 2 is 2.00 bits per heavy atom. The molecular weight excluding hydrogens is 248 g/mol. The van der Waals surface area contributed by atoms with Crippen LogP contribution in [0.1, 0.15) is 32.2 Å². The Bertz CT molecular complexity index is 684. The highest BCUT2D eigenvalue weighted by atomic mass is 32.2. The molecule has 0 atom stereocenters. The second-order valence-electron chi connectivity index (χ2n) is 5.07. The van der Waals surface area contributed by atoms with Gasteiger partial charge in [0.1, 0.15) is 10.6 Å². The molecule has 0 fully saturated rings. The summed E-state index contributed by atoms with van der Waals surface area (Å²) in [7, 11) is -3.21. The Morgan fingerprint density at radius 1 is 1.33 bits per heavy atom. The van der Waals surface area contributed by atoms with Gasteiger partial charge in [0.25, 0.3) is 0 Å². The summed E-state index contributed by atoms with van der Waals surface area (Å²) in [5, 5.41) is 0. The van der Waals surface area contributed by atoms with Crippen LogP contribution in [-0.2, 0) is 21.0 Å². The first kappa shape index (κ1) is 13.1. The van der Waals surface area contributed by atoms with Gasteiger partial charge in [0.15, 0.2) is 9.84 Å². The maximum Gasteiger partial charge on any atom is 0.159 e. The molecule has 0 radical (unpaired) electrons. The summed E-state index contributed by atoms with van der Waals surface area (Å²) in [5.41, 5.74) is 2.90. The van der Waals surface area contributed by atoms with Gasteiger partial charge in [-0.15, -0.1) is 0 Å². The van der Waals surface area contributed by atoms with Gasteiger partial charge in [-0.25, -0.2) is 13.4 Å². The molecule has 98 valence electrons. The molecule has 0 saturated heterocycles. The van der Waals surface area contributed by atoms with Crippen LogP contribution in [-0.4, -0.2) is 24.6 Å². The number of hydrogen-bond acceptors (Lipinski definition) is 3. The van der Waals surface area contributed by atoms with E-state index in [1.807, 2.05) is 18.2 Å². The minimum atomic E-state index is -3.21. The van der Waals surface area contributed by atoms with Crippen LogP contribution in [0, 0.1) is 0 Å². The largest absolute Gasteiger partial charge is 0.341 e. The molecule has 1 N–H and O–H groups in total. The second kappa shape index (κ2) is 4.09. The number of H-pyrrole nitrogens is 1. The van der Waals surface area contributed by atoms with Crippen molar-refractivity contribution < 1.29 is 8.42 Å². The fourth-order valence-electron chi connectivity index (χ4n) is 1.74. The van der Waals surface area contributed by atoms with Crippen LogP contribution in [0.5, 0.6) is 0 Å². The van der Waals surface area contributed by atoms with Crippen molar-refractivity contribution >= 4 is 20.9 Å². The minimum absolute atomic E-state index is 0.494. The molecule has 0 saturated carbocycles. The van der Waals surface area contributed by atoms with Gasteiger partial charge in [0, 0.05) is 6.26 Å². The maximum atomic E-state index is 11.8. The van der Waals surface area contributed by atoms with Crippen molar-refractivity contribution in [1.82, 2.24) is 9.97 Å². The molecule has 0 aliphatic carbocycles. The van der Waals surface area contributed by atoms with E-state index in [0.29, 0.717) is 5.82 Å². The van der Waals surface area contributed by atoms with Crippen LogP contribution < -0.4 is 0 Å². The first-order valence-corrected chi connectivity index (χ1v) is 7.83. The minimum Gasteiger partial charge on any atom is -0.341 e. The van der Waals surface area contributed by atoms with Crippen molar-refractivity contribution in [2.75, 3.05) is 6.26 Å². The Morgan fingerprint density at radius 3 is 2.56 bits per heavy atom. The number of nitrogens with zero attached hydrogens (tertiary/aromatic N) is 1. The molecule has 1 heterocycles. The highest BCUT2D eigenvalue weighted by molar-refractivity contribution is 7.91. The zero-order valence-corrected chi connectivity index (χ0v) is 11.9. The average molecular weight is 266 g/mol. The van der Waals surface area contributed by atoms with Crippen LogP contribution in [0.2, 0.25) is 0 Å². The van der Waals surface area contributed by atoms with E-state index in [4.69, 9.17) is 0 Å². The molecule has 1 aromatic heterocycles. The van der Waals surface area contributed by atoms with Gasteiger partial charge in [-0.05, 0) is 38.0 Å². The first-order chi connectivity index (χ1) is 8.25. The standard InChI is InChI=1S/C13H18N2O2S/c1-5-9-6-7-10-11(8-9)15-12(14-10)13(2,3)18(4,16)17/h6-8H,5H2,1-4H3,(H,14,15). The summed E-state index contributed by atoms with van der Waals surface area (Å²) in [6.45, 7) is 5.42. The number of aromatic nitrogens is 2. The van der Waals surface area contributed by atoms with E-state index in [1.54, 1.807) is 13.8 Å². The van der Waals surface area contributed by atoms with Crippen molar-refractivity contribution in [3.05, 3.63) is 29.6 Å². The summed E-state index contributed by atoms with van der Waals surface area (Å²) < 4.78 is 22.6. The lowest BCUT2D eigenvalue weighted by Crippen LogP contribution is -2.29. The van der Waals surface area contributed by atoms with Gasteiger partial charge in [0.05, 0.1) is 11.0 Å². The van der Waals surface area contributed by atoms with E-state index in [-0.39, 0.29) is 0 Å². The molecule has 0 aliphatic rings. The summed E-state index contributed by atoms with van der Waals surface area (Å²) in [6, 6.07) is 5.96. The number of sulfone groups is 1. The summed E-state index contributed by atoms with van der Waals surface area (Å²) >= 11 is 0. The zero-order chi connectivity index (χ0) is 13.6. The Kier molecular flexibility index (Phi) is 2.97. The number of benzene rings is 1. The fraction of sp³-hybridized carbons (Fsp3) is 0.462. The highest BCUT2D eigenvalue weighted by Gasteiger charge is 2.35. The number of aromatic amines is 1. The van der Waals surface area contributed by atoms with E-state index >= 15 is 0 Å². The van der Waals surface area contributed by atoms with Gasteiger partial charge in [-0.1, -0.05) is 13.0 Å². The molecule has 1 aromatic carbocycles. The Hall–Kier alpha value is -1.36. The number of aryl methyl sites for hydroxylation is 1. The molecule has 2 aromatic rings. The average Bonchev–Trinajstić information content (AvgIpc) is 2.70. The lowest BCUT2D eigenvalue weighted by Gasteiger charge is -2.19. The second-order valence-corrected chi connectivity index (χ2v) is 7.64. The molecule has 0 bridgehead atoms. The molecule has 0 amide bonds. The lowest BCUT2D eigenvalue weighted by molar-refractivity contribution is 0.553. The van der Waals surface area contributed by atoms with Crippen molar-refractivity contribution in [2.45, 2.75) is 31.9 Å². The van der Waals surface area contributed by atoms with E-state index in [9.17, 15) is 8.42 Å². The van der Waals surface area contributed by atoms with E-state index < -0.39 is 14.6 Å². The molecule has 2 rings (SSSR count). The van der Waals surface area contributed by atoms with Gasteiger partial charge >= 0.3 is 0 Å². The van der Waals surface area contributed by atoms with Crippen molar-refractivity contribution in [3.8, 4) is 0 Å². The number of imidazole rings is 1. The van der Waals surface area contributed by atoms with Gasteiger partial charge < -0.3 is 4.98 Å². The van der Waals surface area contributed by atoms with Crippen LogP contribution in [0.4, 0.5) is 0 Å². The summed E-state index contributed by atoms with van der Waals surface area (Å²) in [5.74, 6) is 0.494. The molecule has 0 aliphatic heterocycles. The van der Waals surface area contributed by atoms with Gasteiger partial charge in [0.2, 0.25) is 0 Å². The van der Waals surface area contributed by atoms with Crippen molar-refractivity contribution in [3.63, 3.8) is 0 Å². The molecular formula is C13H18N2O2S. The SMILES string of the molecule is CCc1ccc2nc(C(C)(C)S(C)(=O)=O)[nH]c2c1. The monoisotopic (exact) mass is 266 g/mol. The predicted octanol–water partition coefficient (Wildman–Crippen LogP) is 2.41. The van der Waals surface area contributed by atoms with Gasteiger partial charge in [-0.3, -0.25) is 0 Å². The number of nitrogens with one attached hydrogen (secondary N) is 1.